The molecule has 0 amide bonds. The van der Waals surface area contributed by atoms with Crippen molar-refractivity contribution in [2.45, 2.75) is 37.0 Å². The molecule has 84 valence electrons. The number of halogens is 4. The van der Waals surface area contributed by atoms with Crippen LogP contribution in [0.4, 0.5) is 17.6 Å². The van der Waals surface area contributed by atoms with Crippen LogP contribution >= 0.6 is 0 Å². The van der Waals surface area contributed by atoms with Gasteiger partial charge in [0.05, 0.1) is 0 Å². The van der Waals surface area contributed by atoms with Crippen LogP contribution in [0, 0.1) is 0 Å². The van der Waals surface area contributed by atoms with Gasteiger partial charge in [-0.1, -0.05) is 13.3 Å². The maximum atomic E-state index is 13.2. The van der Waals surface area contributed by atoms with Gasteiger partial charge in [0.25, 0.3) is 0 Å². The lowest BCUT2D eigenvalue weighted by molar-refractivity contribution is -0.243. The third-order valence-electron chi connectivity index (χ3n) is 1.96. The lowest BCUT2D eigenvalue weighted by atomic mass is 10.1. The first kappa shape index (κ1) is 11.7. The Labute approximate surface area is 78.2 Å². The van der Waals surface area contributed by atoms with Crippen molar-refractivity contribution < 1.29 is 30.2 Å². The Morgan fingerprint density at radius 1 is 1.43 bits per heavy atom. The third-order valence-corrected chi connectivity index (χ3v) is 3.67. The van der Waals surface area contributed by atoms with Crippen LogP contribution in [0.5, 0.6) is 0 Å². The van der Waals surface area contributed by atoms with Gasteiger partial charge >= 0.3 is 21.3 Å². The van der Waals surface area contributed by atoms with Gasteiger partial charge in [0.15, 0.2) is 0 Å². The Morgan fingerprint density at radius 3 is 2.21 bits per heavy atom. The summed E-state index contributed by atoms with van der Waals surface area (Å²) in [5.41, 5.74) is 0. The van der Waals surface area contributed by atoms with E-state index in [9.17, 15) is 26.0 Å². The van der Waals surface area contributed by atoms with Crippen molar-refractivity contribution in [3.05, 3.63) is 0 Å². The molecule has 1 rings (SSSR count). The van der Waals surface area contributed by atoms with Crippen molar-refractivity contribution in [1.82, 2.24) is 0 Å². The molecule has 0 aromatic rings. The highest BCUT2D eigenvalue weighted by atomic mass is 32.2. The number of alkyl halides is 4. The summed E-state index contributed by atoms with van der Waals surface area (Å²) in [6, 6.07) is 0. The molecule has 0 aromatic carbocycles. The lowest BCUT2D eigenvalue weighted by Crippen LogP contribution is -2.66. The first-order valence-electron chi connectivity index (χ1n) is 3.85. The van der Waals surface area contributed by atoms with E-state index in [1.54, 1.807) is 0 Å². The topological polar surface area (TPSA) is 43.4 Å². The van der Waals surface area contributed by atoms with Crippen LogP contribution in [-0.2, 0) is 14.3 Å². The van der Waals surface area contributed by atoms with Crippen LogP contribution in [0.25, 0.3) is 0 Å². The Bertz CT molecular complexity index is 322. The van der Waals surface area contributed by atoms with Gasteiger partial charge in [-0.15, -0.1) is 0 Å². The molecule has 3 nitrogen and oxygen atoms in total. The molecule has 0 spiro atoms. The molecule has 0 aromatic heterocycles. The fourth-order valence-corrected chi connectivity index (χ4v) is 2.53. The van der Waals surface area contributed by atoms with Crippen molar-refractivity contribution in [3.8, 4) is 0 Å². The number of hydrogen-bond donors (Lipinski definition) is 0. The molecule has 1 aliphatic heterocycles. The molecule has 0 saturated carbocycles. The van der Waals surface area contributed by atoms with Gasteiger partial charge in [-0.3, -0.25) is 4.18 Å². The van der Waals surface area contributed by atoms with E-state index in [2.05, 4.69) is 4.18 Å². The van der Waals surface area contributed by atoms with E-state index in [-0.39, 0.29) is 12.8 Å². The van der Waals surface area contributed by atoms with Gasteiger partial charge in [-0.25, -0.2) is 4.39 Å². The first-order valence-corrected chi connectivity index (χ1v) is 5.26. The van der Waals surface area contributed by atoms with Crippen LogP contribution in [0.1, 0.15) is 19.8 Å². The summed E-state index contributed by atoms with van der Waals surface area (Å²) in [5.74, 6) is 0. The minimum absolute atomic E-state index is 0.210. The van der Waals surface area contributed by atoms with Crippen LogP contribution in [-0.4, -0.2) is 25.7 Å². The summed E-state index contributed by atoms with van der Waals surface area (Å²) in [4.78, 5) is 0. The normalized spacial score (nSPS) is 36.5. The molecule has 1 heterocycles. The van der Waals surface area contributed by atoms with Crippen molar-refractivity contribution in [3.63, 3.8) is 0 Å². The molecule has 0 radical (unpaired) electrons. The number of rotatable bonds is 2. The second-order valence-corrected chi connectivity index (χ2v) is 4.67. The molecule has 1 fully saturated rings. The molecular formula is C6H8F4O3S. The Kier molecular flexibility index (Phi) is 2.56. The summed E-state index contributed by atoms with van der Waals surface area (Å²) < 4.78 is 74.6. The molecule has 1 aliphatic rings. The van der Waals surface area contributed by atoms with Crippen molar-refractivity contribution in [1.29, 1.82) is 0 Å². The minimum Gasteiger partial charge on any atom is -0.259 e. The molecule has 2 atom stereocenters. The fourth-order valence-electron chi connectivity index (χ4n) is 1.22. The second kappa shape index (κ2) is 3.06. The van der Waals surface area contributed by atoms with E-state index in [1.165, 1.54) is 6.92 Å². The maximum Gasteiger partial charge on any atom is 0.442 e. The predicted octanol–water partition coefficient (Wildman–Crippen LogP) is 1.74. The fraction of sp³-hybridized carbons (Fsp3) is 1.00. The van der Waals surface area contributed by atoms with E-state index in [0.29, 0.717) is 0 Å². The van der Waals surface area contributed by atoms with Crippen LogP contribution in [0.15, 0.2) is 0 Å². The molecular weight excluding hydrogens is 228 g/mol. The van der Waals surface area contributed by atoms with Crippen LogP contribution in [0.3, 0.4) is 0 Å². The predicted molar refractivity (Wildman–Crippen MR) is 38.6 cm³/mol. The standard InChI is InChI=1S/C6H8F4O3S/c1-2-3-4-5(7,6(8,9)10)14(11,12)13-4/h4H,2-3H2,1H3. The SMILES string of the molecule is CCCC1OS(=O)(=O)C1(F)C(F)(F)F. The Hall–Kier alpha value is -0.370. The quantitative estimate of drug-likeness (QED) is 0.541. The molecule has 2 unspecified atom stereocenters. The highest BCUT2D eigenvalue weighted by molar-refractivity contribution is 7.89. The summed E-state index contributed by atoms with van der Waals surface area (Å²) in [6.07, 6.45) is -7.45. The molecule has 1 saturated heterocycles. The van der Waals surface area contributed by atoms with Gasteiger partial charge in [0, 0.05) is 0 Å². The summed E-state index contributed by atoms with van der Waals surface area (Å²) in [5, 5.41) is -4.23. The van der Waals surface area contributed by atoms with E-state index in [4.69, 9.17) is 0 Å². The maximum absolute atomic E-state index is 13.2. The molecule has 14 heavy (non-hydrogen) atoms. The molecule has 0 N–H and O–H groups in total. The van der Waals surface area contributed by atoms with Gasteiger partial charge in [-0.05, 0) is 6.42 Å². The van der Waals surface area contributed by atoms with Gasteiger partial charge in [0.1, 0.15) is 6.10 Å². The average molecular weight is 236 g/mol. The monoisotopic (exact) mass is 236 g/mol. The Morgan fingerprint density at radius 2 is 1.93 bits per heavy atom. The summed E-state index contributed by atoms with van der Waals surface area (Å²) in [6.45, 7) is 1.51. The minimum atomic E-state index is -5.44. The van der Waals surface area contributed by atoms with Gasteiger partial charge < -0.3 is 0 Å². The zero-order chi connectivity index (χ0) is 11.2. The summed E-state index contributed by atoms with van der Waals surface area (Å²) >= 11 is 0. The number of hydrogen-bond acceptors (Lipinski definition) is 3. The molecule has 0 bridgehead atoms. The summed E-state index contributed by atoms with van der Waals surface area (Å²) in [7, 11) is -5.14. The van der Waals surface area contributed by atoms with Gasteiger partial charge in [0.2, 0.25) is 0 Å². The highest BCUT2D eigenvalue weighted by Gasteiger charge is 2.78. The van der Waals surface area contributed by atoms with Crippen LogP contribution in [0.2, 0.25) is 0 Å². The van der Waals surface area contributed by atoms with Crippen molar-refractivity contribution >= 4 is 10.1 Å². The zero-order valence-corrected chi connectivity index (χ0v) is 7.95. The van der Waals surface area contributed by atoms with Gasteiger partial charge in [-0.2, -0.15) is 21.6 Å². The first-order chi connectivity index (χ1) is 6.17. The van der Waals surface area contributed by atoms with Crippen molar-refractivity contribution in [2.24, 2.45) is 0 Å². The molecule has 8 heteroatoms. The van der Waals surface area contributed by atoms with Crippen molar-refractivity contribution in [2.75, 3.05) is 0 Å². The smallest absolute Gasteiger partial charge is 0.259 e. The van der Waals surface area contributed by atoms with E-state index >= 15 is 0 Å². The van der Waals surface area contributed by atoms with E-state index < -0.39 is 27.4 Å². The van der Waals surface area contributed by atoms with E-state index in [0.717, 1.165) is 0 Å². The Balaban J connectivity index is 3.02. The third kappa shape index (κ3) is 1.31. The van der Waals surface area contributed by atoms with Crippen LogP contribution < -0.4 is 0 Å². The van der Waals surface area contributed by atoms with E-state index in [1.807, 2.05) is 0 Å². The second-order valence-electron chi connectivity index (χ2n) is 2.97. The zero-order valence-electron chi connectivity index (χ0n) is 7.14. The largest absolute Gasteiger partial charge is 0.442 e. The lowest BCUT2D eigenvalue weighted by Gasteiger charge is -2.41. The molecule has 0 aliphatic carbocycles. The highest BCUT2D eigenvalue weighted by Crippen LogP contribution is 2.51. The average Bonchev–Trinajstić information content (AvgIpc) is 2.00.